The molecule has 0 spiro atoms. The van der Waals surface area contributed by atoms with Crippen LogP contribution in [-0.4, -0.2) is 35.1 Å². The predicted octanol–water partition coefficient (Wildman–Crippen LogP) is 4.59. The normalized spacial score (nSPS) is 45.1. The number of benzene rings is 1. The highest BCUT2D eigenvalue weighted by molar-refractivity contribution is 5.89. The molecule has 5 rings (SSSR count). The van der Waals surface area contributed by atoms with Crippen LogP contribution < -0.4 is 0 Å². The number of aliphatic hydroxyl groups excluding tert-OH is 1. The first kappa shape index (κ1) is 20.2. The van der Waals surface area contributed by atoms with Gasteiger partial charge in [0.25, 0.3) is 0 Å². The van der Waals surface area contributed by atoms with E-state index >= 15 is 0 Å². The fourth-order valence-corrected chi connectivity index (χ4v) is 8.01. The molecule has 162 valence electrons. The third-order valence-electron chi connectivity index (χ3n) is 9.66. The van der Waals surface area contributed by atoms with Gasteiger partial charge in [0.15, 0.2) is 0 Å². The molecule has 4 aliphatic rings. The van der Waals surface area contributed by atoms with Crippen molar-refractivity contribution in [2.75, 3.05) is 7.05 Å². The lowest BCUT2D eigenvalue weighted by molar-refractivity contribution is -0.140. The smallest absolute Gasteiger partial charge is 0.246 e. The standard InChI is InChI=1S/C26H34FNO2/c1-25-13-11-23(29)28(3)22(25)9-8-19-20(25)10-12-26(2)21(19)15-17(24(26)30)14-16-4-6-18(27)7-5-16/h4-7,11,13,17,19-22,24,30H,8-10,12,14-15H2,1-3H3/t17?,19-,20-,21+,22?,24?,25-,26+/m1/s1. The molecule has 3 fully saturated rings. The van der Waals surface area contributed by atoms with Crippen molar-refractivity contribution in [3.05, 3.63) is 47.8 Å². The highest BCUT2D eigenvalue weighted by Gasteiger charge is 2.62. The summed E-state index contributed by atoms with van der Waals surface area (Å²) in [7, 11) is 1.96. The number of rotatable bonds is 2. The molecule has 3 saturated carbocycles. The number of halogens is 1. The van der Waals surface area contributed by atoms with E-state index in [2.05, 4.69) is 19.9 Å². The molecule has 3 aliphatic carbocycles. The van der Waals surface area contributed by atoms with Crippen LogP contribution in [0.3, 0.4) is 0 Å². The summed E-state index contributed by atoms with van der Waals surface area (Å²) in [5.41, 5.74) is 1.12. The van der Waals surface area contributed by atoms with Crippen LogP contribution in [0.25, 0.3) is 0 Å². The fraction of sp³-hybridized carbons (Fsp3) is 0.654. The Morgan fingerprint density at radius 1 is 1.13 bits per heavy atom. The van der Waals surface area contributed by atoms with Crippen molar-refractivity contribution in [3.8, 4) is 0 Å². The Hall–Kier alpha value is -1.68. The molecule has 1 aliphatic heterocycles. The number of hydrogen-bond acceptors (Lipinski definition) is 2. The molecule has 1 N–H and O–H groups in total. The summed E-state index contributed by atoms with van der Waals surface area (Å²) in [6.07, 6.45) is 9.93. The van der Waals surface area contributed by atoms with Crippen molar-refractivity contribution in [2.45, 2.75) is 64.5 Å². The van der Waals surface area contributed by atoms with Gasteiger partial charge in [0.1, 0.15) is 5.82 Å². The number of amides is 1. The Kier molecular flexibility index (Phi) is 4.66. The summed E-state index contributed by atoms with van der Waals surface area (Å²) in [6, 6.07) is 7.07. The molecule has 1 heterocycles. The second kappa shape index (κ2) is 6.91. The van der Waals surface area contributed by atoms with E-state index in [1.165, 1.54) is 12.1 Å². The van der Waals surface area contributed by atoms with Gasteiger partial charge in [-0.2, -0.15) is 0 Å². The van der Waals surface area contributed by atoms with Gasteiger partial charge in [-0.3, -0.25) is 4.79 Å². The van der Waals surface area contributed by atoms with Crippen LogP contribution in [0.15, 0.2) is 36.4 Å². The van der Waals surface area contributed by atoms with E-state index in [0.29, 0.717) is 23.8 Å². The van der Waals surface area contributed by atoms with Crippen molar-refractivity contribution >= 4 is 5.91 Å². The van der Waals surface area contributed by atoms with Crippen LogP contribution in [-0.2, 0) is 11.2 Å². The van der Waals surface area contributed by atoms with Crippen LogP contribution in [0.1, 0.15) is 51.5 Å². The molecule has 3 unspecified atom stereocenters. The van der Waals surface area contributed by atoms with E-state index in [-0.39, 0.29) is 34.6 Å². The summed E-state index contributed by atoms with van der Waals surface area (Å²) >= 11 is 0. The van der Waals surface area contributed by atoms with Crippen molar-refractivity contribution < 1.29 is 14.3 Å². The average Bonchev–Trinajstić information content (AvgIpc) is 2.98. The maximum Gasteiger partial charge on any atom is 0.246 e. The van der Waals surface area contributed by atoms with E-state index in [4.69, 9.17) is 0 Å². The zero-order valence-electron chi connectivity index (χ0n) is 18.4. The van der Waals surface area contributed by atoms with Crippen molar-refractivity contribution in [2.24, 2.45) is 34.5 Å². The third kappa shape index (κ3) is 2.82. The van der Waals surface area contributed by atoms with Gasteiger partial charge in [0.05, 0.1) is 6.10 Å². The lowest BCUT2D eigenvalue weighted by Crippen LogP contribution is -2.59. The highest BCUT2D eigenvalue weighted by atomic mass is 19.1. The molecule has 30 heavy (non-hydrogen) atoms. The minimum absolute atomic E-state index is 0.0326. The maximum atomic E-state index is 13.3. The highest BCUT2D eigenvalue weighted by Crippen LogP contribution is 2.65. The SMILES string of the molecule is CN1C(=O)C=C[C@@]2(C)C1CC[C@@H]1[C@H]2CC[C@]2(C)C(O)C(Cc3ccc(F)cc3)C[C@@H]12. The second-order valence-corrected chi connectivity index (χ2v) is 10.9. The molecule has 4 heteroatoms. The first-order valence-electron chi connectivity index (χ1n) is 11.6. The molecule has 0 bridgehead atoms. The summed E-state index contributed by atoms with van der Waals surface area (Å²) in [4.78, 5) is 14.2. The largest absolute Gasteiger partial charge is 0.392 e. The predicted molar refractivity (Wildman–Crippen MR) is 115 cm³/mol. The Balaban J connectivity index is 1.41. The average molecular weight is 412 g/mol. The van der Waals surface area contributed by atoms with Gasteiger partial charge < -0.3 is 10.0 Å². The van der Waals surface area contributed by atoms with E-state index in [1.807, 2.05) is 24.1 Å². The van der Waals surface area contributed by atoms with Gasteiger partial charge in [0.2, 0.25) is 5.91 Å². The molecule has 3 nitrogen and oxygen atoms in total. The Morgan fingerprint density at radius 3 is 2.60 bits per heavy atom. The van der Waals surface area contributed by atoms with Gasteiger partial charge >= 0.3 is 0 Å². The minimum Gasteiger partial charge on any atom is -0.392 e. The second-order valence-electron chi connectivity index (χ2n) is 10.9. The molecule has 1 aromatic rings. The number of fused-ring (bicyclic) bond motifs is 5. The van der Waals surface area contributed by atoms with E-state index in [1.54, 1.807) is 6.08 Å². The number of hydrogen-bond donors (Lipinski definition) is 1. The van der Waals surface area contributed by atoms with Gasteiger partial charge in [-0.1, -0.05) is 32.1 Å². The van der Waals surface area contributed by atoms with E-state index in [9.17, 15) is 14.3 Å². The van der Waals surface area contributed by atoms with Crippen LogP contribution >= 0.6 is 0 Å². The van der Waals surface area contributed by atoms with Gasteiger partial charge in [0, 0.05) is 18.5 Å². The van der Waals surface area contributed by atoms with E-state index in [0.717, 1.165) is 44.1 Å². The molecular formula is C26H34FNO2. The number of aliphatic hydroxyl groups is 1. The van der Waals surface area contributed by atoms with Gasteiger partial charge in [-0.25, -0.2) is 4.39 Å². The Labute approximate surface area is 179 Å². The Bertz CT molecular complexity index is 866. The summed E-state index contributed by atoms with van der Waals surface area (Å²) in [6.45, 7) is 4.67. The van der Waals surface area contributed by atoms with E-state index < -0.39 is 0 Å². The monoisotopic (exact) mass is 411 g/mol. The van der Waals surface area contributed by atoms with Gasteiger partial charge in [-0.15, -0.1) is 0 Å². The summed E-state index contributed by atoms with van der Waals surface area (Å²) in [5, 5.41) is 11.4. The molecule has 8 atom stereocenters. The van der Waals surface area contributed by atoms with Crippen molar-refractivity contribution in [1.29, 1.82) is 0 Å². The lowest BCUT2D eigenvalue weighted by Gasteiger charge is -2.60. The molecule has 0 aromatic heterocycles. The molecule has 1 aromatic carbocycles. The quantitative estimate of drug-likeness (QED) is 0.773. The fourth-order valence-electron chi connectivity index (χ4n) is 8.01. The molecule has 1 amide bonds. The summed E-state index contributed by atoms with van der Waals surface area (Å²) in [5.74, 6) is 1.85. The number of carbonyl (C=O) groups is 1. The summed E-state index contributed by atoms with van der Waals surface area (Å²) < 4.78 is 13.3. The molecular weight excluding hydrogens is 377 g/mol. The number of carbonyl (C=O) groups excluding carboxylic acids is 1. The number of likely N-dealkylation sites (N-methyl/N-ethyl adjacent to an activating group) is 1. The van der Waals surface area contributed by atoms with Gasteiger partial charge in [-0.05, 0) is 91.4 Å². The zero-order chi connectivity index (χ0) is 21.3. The van der Waals surface area contributed by atoms with Crippen LogP contribution in [0.5, 0.6) is 0 Å². The third-order valence-corrected chi connectivity index (χ3v) is 9.66. The maximum absolute atomic E-state index is 13.3. The topological polar surface area (TPSA) is 40.5 Å². The first-order chi connectivity index (χ1) is 14.2. The zero-order valence-corrected chi connectivity index (χ0v) is 18.4. The first-order valence-corrected chi connectivity index (χ1v) is 11.6. The molecule has 0 radical (unpaired) electrons. The Morgan fingerprint density at radius 2 is 1.87 bits per heavy atom. The van der Waals surface area contributed by atoms with Crippen LogP contribution in [0.4, 0.5) is 4.39 Å². The molecule has 0 saturated heterocycles. The van der Waals surface area contributed by atoms with Crippen molar-refractivity contribution in [1.82, 2.24) is 4.90 Å². The lowest BCUT2D eigenvalue weighted by atomic mass is 9.48. The number of nitrogens with zero attached hydrogens (tertiary/aromatic N) is 1. The van der Waals surface area contributed by atoms with Crippen molar-refractivity contribution in [3.63, 3.8) is 0 Å². The van der Waals surface area contributed by atoms with Crippen LogP contribution in [0.2, 0.25) is 0 Å². The van der Waals surface area contributed by atoms with Crippen LogP contribution in [0, 0.1) is 40.3 Å². The minimum atomic E-state index is -0.301.